The van der Waals surface area contributed by atoms with Crippen LogP contribution in [0.2, 0.25) is 0 Å². The largest absolute Gasteiger partial charge is 0.508 e. The number of phenolic OH excluding ortho intramolecular Hbond substituents is 1. The Bertz CT molecular complexity index is 964. The van der Waals surface area contributed by atoms with Crippen LogP contribution in [0.4, 0.5) is 13.2 Å². The third-order valence-corrected chi connectivity index (χ3v) is 3.84. The molecule has 26 heavy (non-hydrogen) atoms. The molecule has 1 amide bonds. The molecule has 0 aliphatic carbocycles. The quantitative estimate of drug-likeness (QED) is 0.747. The van der Waals surface area contributed by atoms with Gasteiger partial charge in [0.1, 0.15) is 5.75 Å². The monoisotopic (exact) mass is 361 g/mol. The normalized spacial score (nSPS) is 11.5. The lowest BCUT2D eigenvalue weighted by Gasteiger charge is -2.13. The third-order valence-electron chi connectivity index (χ3n) is 3.84. The van der Waals surface area contributed by atoms with E-state index in [9.17, 15) is 23.1 Å². The lowest BCUT2D eigenvalue weighted by Crippen LogP contribution is -2.13. The first-order valence-electron chi connectivity index (χ1n) is 7.57. The van der Waals surface area contributed by atoms with Crippen LogP contribution in [-0.2, 0) is 12.7 Å². The highest BCUT2D eigenvalue weighted by Crippen LogP contribution is 2.34. The summed E-state index contributed by atoms with van der Waals surface area (Å²) in [5.74, 6) is -1.08. The summed E-state index contributed by atoms with van der Waals surface area (Å²) >= 11 is 0. The van der Waals surface area contributed by atoms with Crippen LogP contribution in [-0.4, -0.2) is 20.8 Å². The van der Waals surface area contributed by atoms with Gasteiger partial charge in [0, 0.05) is 17.3 Å². The van der Waals surface area contributed by atoms with Crippen LogP contribution < -0.4 is 5.73 Å². The topological polar surface area (TPSA) is 81.1 Å². The van der Waals surface area contributed by atoms with Crippen molar-refractivity contribution in [2.75, 3.05) is 0 Å². The van der Waals surface area contributed by atoms with E-state index >= 15 is 0 Å². The Hall–Kier alpha value is -3.29. The second-order valence-electron chi connectivity index (χ2n) is 5.65. The van der Waals surface area contributed by atoms with E-state index in [1.165, 1.54) is 23.0 Å². The number of rotatable bonds is 4. The molecule has 0 aliphatic heterocycles. The van der Waals surface area contributed by atoms with Gasteiger partial charge in [-0.25, -0.2) is 0 Å². The summed E-state index contributed by atoms with van der Waals surface area (Å²) in [6.45, 7) is -0.145. The smallest absolute Gasteiger partial charge is 0.416 e. The number of aromatic nitrogens is 2. The number of aromatic hydroxyl groups is 1. The van der Waals surface area contributed by atoms with Gasteiger partial charge in [-0.1, -0.05) is 24.3 Å². The number of halogens is 3. The van der Waals surface area contributed by atoms with Gasteiger partial charge in [-0.3, -0.25) is 9.48 Å². The molecule has 0 saturated heterocycles. The molecule has 2 aromatic carbocycles. The van der Waals surface area contributed by atoms with E-state index in [0.29, 0.717) is 17.3 Å². The minimum Gasteiger partial charge on any atom is -0.508 e. The second-order valence-corrected chi connectivity index (χ2v) is 5.65. The number of phenols is 1. The molecule has 0 unspecified atom stereocenters. The van der Waals surface area contributed by atoms with Gasteiger partial charge in [0.05, 0.1) is 17.8 Å². The summed E-state index contributed by atoms with van der Waals surface area (Å²) in [6.07, 6.45) is -3.08. The first kappa shape index (κ1) is 17.5. The Labute approximate surface area is 146 Å². The lowest BCUT2D eigenvalue weighted by molar-refractivity contribution is -0.138. The average Bonchev–Trinajstić information content (AvgIpc) is 3.04. The number of alkyl halides is 3. The van der Waals surface area contributed by atoms with Crippen LogP contribution >= 0.6 is 0 Å². The molecule has 3 N–H and O–H groups in total. The summed E-state index contributed by atoms with van der Waals surface area (Å²) in [7, 11) is 0. The van der Waals surface area contributed by atoms with E-state index in [2.05, 4.69) is 5.10 Å². The number of nitrogens with two attached hydrogens (primary N) is 1. The zero-order chi connectivity index (χ0) is 18.9. The number of nitrogens with zero attached hydrogens (tertiary/aromatic N) is 2. The first-order chi connectivity index (χ1) is 12.3. The Kier molecular flexibility index (Phi) is 4.41. The average molecular weight is 361 g/mol. The standard InChI is InChI=1S/C18H14F3N3O2/c19-18(20,21)15-9-12(25)6-5-11(15)10-24-8-7-16(23-24)13-3-1-2-4-14(13)17(22)26/h1-9,25H,10H2,(H2,22,26). The van der Waals surface area contributed by atoms with E-state index in [-0.39, 0.29) is 17.7 Å². The summed E-state index contributed by atoms with van der Waals surface area (Å²) in [4.78, 5) is 11.5. The Balaban J connectivity index is 1.95. The van der Waals surface area contributed by atoms with Crippen LogP contribution in [0.15, 0.2) is 54.7 Å². The number of carbonyl (C=O) groups is 1. The highest BCUT2D eigenvalue weighted by molar-refractivity contribution is 5.99. The van der Waals surface area contributed by atoms with Crippen molar-refractivity contribution in [3.8, 4) is 17.0 Å². The molecule has 1 aromatic heterocycles. The van der Waals surface area contributed by atoms with Crippen LogP contribution in [0.1, 0.15) is 21.5 Å². The van der Waals surface area contributed by atoms with Gasteiger partial charge in [-0.15, -0.1) is 0 Å². The fourth-order valence-corrected chi connectivity index (χ4v) is 2.66. The fourth-order valence-electron chi connectivity index (χ4n) is 2.66. The molecule has 0 saturated carbocycles. The maximum Gasteiger partial charge on any atom is 0.416 e. The van der Waals surface area contributed by atoms with E-state index in [1.54, 1.807) is 30.3 Å². The molecule has 3 aromatic rings. The van der Waals surface area contributed by atoms with Crippen molar-refractivity contribution in [2.45, 2.75) is 12.7 Å². The van der Waals surface area contributed by atoms with Crippen LogP contribution in [0.5, 0.6) is 5.75 Å². The van der Waals surface area contributed by atoms with Crippen molar-refractivity contribution in [1.29, 1.82) is 0 Å². The zero-order valence-corrected chi connectivity index (χ0v) is 13.4. The summed E-state index contributed by atoms with van der Waals surface area (Å²) < 4.78 is 40.8. The molecule has 0 radical (unpaired) electrons. The van der Waals surface area contributed by atoms with Gasteiger partial charge in [0.15, 0.2) is 0 Å². The number of amides is 1. The summed E-state index contributed by atoms with van der Waals surface area (Å²) in [5.41, 5.74) is 5.58. The molecule has 5 nitrogen and oxygen atoms in total. The molecular formula is C18H14F3N3O2. The van der Waals surface area contributed by atoms with Gasteiger partial charge in [-0.05, 0) is 29.8 Å². The van der Waals surface area contributed by atoms with E-state index in [0.717, 1.165) is 0 Å². The number of hydrogen-bond acceptors (Lipinski definition) is 3. The predicted octanol–water partition coefficient (Wildman–Crippen LogP) is 3.42. The first-order valence-corrected chi connectivity index (χ1v) is 7.57. The second kappa shape index (κ2) is 6.55. The summed E-state index contributed by atoms with van der Waals surface area (Å²) in [5, 5.41) is 13.6. The van der Waals surface area contributed by atoms with Crippen molar-refractivity contribution >= 4 is 5.91 Å². The van der Waals surface area contributed by atoms with Crippen molar-refractivity contribution in [3.63, 3.8) is 0 Å². The van der Waals surface area contributed by atoms with Gasteiger partial charge in [0.25, 0.3) is 0 Å². The molecule has 3 rings (SSSR count). The van der Waals surface area contributed by atoms with Crippen molar-refractivity contribution in [3.05, 3.63) is 71.4 Å². The maximum atomic E-state index is 13.2. The van der Waals surface area contributed by atoms with Gasteiger partial charge >= 0.3 is 6.18 Å². The van der Waals surface area contributed by atoms with E-state index < -0.39 is 23.4 Å². The lowest BCUT2D eigenvalue weighted by atomic mass is 10.0. The number of carbonyl (C=O) groups excluding carboxylic acids is 1. The zero-order valence-electron chi connectivity index (χ0n) is 13.4. The van der Waals surface area contributed by atoms with Gasteiger partial charge in [-0.2, -0.15) is 18.3 Å². The molecular weight excluding hydrogens is 347 g/mol. The molecule has 8 heteroatoms. The summed E-state index contributed by atoms with van der Waals surface area (Å²) in [6, 6.07) is 11.3. The highest BCUT2D eigenvalue weighted by atomic mass is 19.4. The van der Waals surface area contributed by atoms with Crippen LogP contribution in [0.25, 0.3) is 11.3 Å². The predicted molar refractivity (Wildman–Crippen MR) is 88.4 cm³/mol. The van der Waals surface area contributed by atoms with E-state index in [4.69, 9.17) is 5.73 Å². The molecule has 1 heterocycles. The van der Waals surface area contributed by atoms with Crippen LogP contribution in [0, 0.1) is 0 Å². The highest BCUT2D eigenvalue weighted by Gasteiger charge is 2.33. The number of hydrogen-bond donors (Lipinski definition) is 2. The Morgan fingerprint density at radius 3 is 2.58 bits per heavy atom. The molecule has 0 fully saturated rings. The maximum absolute atomic E-state index is 13.2. The van der Waals surface area contributed by atoms with Crippen molar-refractivity contribution in [1.82, 2.24) is 9.78 Å². The third kappa shape index (κ3) is 3.53. The fraction of sp³-hybridized carbons (Fsp3) is 0.111. The molecule has 134 valence electrons. The number of benzene rings is 2. The van der Waals surface area contributed by atoms with Crippen LogP contribution in [0.3, 0.4) is 0 Å². The van der Waals surface area contributed by atoms with Crippen molar-refractivity contribution in [2.24, 2.45) is 5.73 Å². The Morgan fingerprint density at radius 2 is 1.88 bits per heavy atom. The minimum absolute atomic E-state index is 0.0341. The Morgan fingerprint density at radius 1 is 1.15 bits per heavy atom. The van der Waals surface area contributed by atoms with Gasteiger partial charge < -0.3 is 10.8 Å². The molecule has 0 atom stereocenters. The van der Waals surface area contributed by atoms with Crippen molar-refractivity contribution < 1.29 is 23.1 Å². The molecule has 0 bridgehead atoms. The number of primary amides is 1. The minimum atomic E-state index is -4.59. The van der Waals surface area contributed by atoms with E-state index in [1.807, 2.05) is 0 Å². The SMILES string of the molecule is NC(=O)c1ccccc1-c1ccn(Cc2ccc(O)cc2C(F)(F)F)n1. The van der Waals surface area contributed by atoms with Gasteiger partial charge in [0.2, 0.25) is 5.91 Å². The molecule has 0 spiro atoms. The molecule has 0 aliphatic rings.